The van der Waals surface area contributed by atoms with E-state index in [1.54, 1.807) is 4.57 Å². The maximum Gasteiger partial charge on any atom is 0.280 e. The zero-order valence-electron chi connectivity index (χ0n) is 8.92. The third-order valence-electron chi connectivity index (χ3n) is 2.82. The van der Waals surface area contributed by atoms with Crippen molar-refractivity contribution in [2.45, 2.75) is 6.42 Å². The van der Waals surface area contributed by atoms with Crippen LogP contribution >= 0.6 is 0 Å². The van der Waals surface area contributed by atoms with E-state index in [0.717, 1.165) is 12.0 Å². The molecule has 1 aliphatic rings. The second kappa shape index (κ2) is 3.42. The molecule has 0 saturated heterocycles. The van der Waals surface area contributed by atoms with Gasteiger partial charge in [0, 0.05) is 18.7 Å². The Kier molecular flexibility index (Phi) is 2.02. The molecule has 2 aromatic rings. The van der Waals surface area contributed by atoms with E-state index in [9.17, 15) is 4.79 Å². The van der Waals surface area contributed by atoms with Gasteiger partial charge in [0.2, 0.25) is 5.95 Å². The molecule has 1 atom stereocenters. The highest BCUT2D eigenvalue weighted by molar-refractivity contribution is 5.73. The first-order valence-corrected chi connectivity index (χ1v) is 5.23. The van der Waals surface area contributed by atoms with Crippen LogP contribution in [0.25, 0.3) is 17.4 Å². The quantitative estimate of drug-likeness (QED) is 0.651. The lowest BCUT2D eigenvalue weighted by molar-refractivity contribution is 0.281. The van der Waals surface area contributed by atoms with Crippen LogP contribution in [0.15, 0.2) is 16.7 Å². The lowest BCUT2D eigenvalue weighted by Gasteiger charge is -1.96. The van der Waals surface area contributed by atoms with Crippen LogP contribution in [0.1, 0.15) is 6.42 Å². The minimum Gasteiger partial charge on any atom is -0.396 e. The molecule has 0 unspecified atom stereocenters. The summed E-state index contributed by atoms with van der Waals surface area (Å²) in [7, 11) is 0. The van der Waals surface area contributed by atoms with E-state index < -0.39 is 0 Å². The van der Waals surface area contributed by atoms with Crippen molar-refractivity contribution in [2.24, 2.45) is 5.92 Å². The fourth-order valence-electron chi connectivity index (χ4n) is 1.78. The number of nitrogens with one attached hydrogen (secondary N) is 1. The van der Waals surface area contributed by atoms with Gasteiger partial charge in [-0.15, -0.1) is 0 Å². The number of aliphatic hydroxyl groups excluding tert-OH is 1. The number of nitrogens with two attached hydrogens (primary N) is 1. The summed E-state index contributed by atoms with van der Waals surface area (Å²) in [5.41, 5.74) is 6.95. The first-order chi connectivity index (χ1) is 8.19. The number of aromatic amines is 1. The Morgan fingerprint density at radius 1 is 1.71 bits per heavy atom. The summed E-state index contributed by atoms with van der Waals surface area (Å²) >= 11 is 0. The molecule has 4 N–H and O–H groups in total. The molecule has 1 fully saturated rings. The number of hydrogen-bond acceptors (Lipinski definition) is 5. The van der Waals surface area contributed by atoms with Gasteiger partial charge in [-0.2, -0.15) is 4.98 Å². The molecule has 17 heavy (non-hydrogen) atoms. The molecule has 3 rings (SSSR count). The molecule has 0 bridgehead atoms. The van der Waals surface area contributed by atoms with Gasteiger partial charge in [-0.25, -0.2) is 4.98 Å². The Bertz CT molecular complexity index is 669. The van der Waals surface area contributed by atoms with Crippen LogP contribution in [-0.4, -0.2) is 31.2 Å². The van der Waals surface area contributed by atoms with Gasteiger partial charge in [0.1, 0.15) is 6.33 Å². The predicted molar refractivity (Wildman–Crippen MR) is 62.0 cm³/mol. The number of nitrogen functional groups attached to an aromatic ring is 1. The van der Waals surface area contributed by atoms with Gasteiger partial charge in [-0.3, -0.25) is 14.3 Å². The zero-order chi connectivity index (χ0) is 12.0. The maximum atomic E-state index is 11.5. The highest BCUT2D eigenvalue weighted by Crippen LogP contribution is 2.37. The molecule has 2 heterocycles. The SMILES string of the molecule is Nc1nc2c(ncn2/C=C2/C[C@@H]2CO)c(=O)[nH]1. The van der Waals surface area contributed by atoms with Crippen molar-refractivity contribution in [2.75, 3.05) is 12.3 Å². The number of aromatic nitrogens is 4. The number of rotatable bonds is 2. The molecule has 0 aromatic carbocycles. The van der Waals surface area contributed by atoms with E-state index in [0.29, 0.717) is 5.65 Å². The summed E-state index contributed by atoms with van der Waals surface area (Å²) in [6, 6.07) is 0. The van der Waals surface area contributed by atoms with Crippen molar-refractivity contribution in [1.29, 1.82) is 0 Å². The Hall–Kier alpha value is -2.15. The topological polar surface area (TPSA) is 110 Å². The molecular formula is C10H11N5O2. The van der Waals surface area contributed by atoms with Gasteiger partial charge in [-0.1, -0.05) is 0 Å². The molecule has 7 heteroatoms. The number of nitrogens with zero attached hydrogens (tertiary/aromatic N) is 3. The lowest BCUT2D eigenvalue weighted by Crippen LogP contribution is -2.11. The van der Waals surface area contributed by atoms with Crippen molar-refractivity contribution >= 4 is 23.3 Å². The normalized spacial score (nSPS) is 21.2. The summed E-state index contributed by atoms with van der Waals surface area (Å²) in [5.74, 6) is 0.295. The van der Waals surface area contributed by atoms with Crippen molar-refractivity contribution in [1.82, 2.24) is 19.5 Å². The smallest absolute Gasteiger partial charge is 0.280 e. The monoisotopic (exact) mass is 233 g/mol. The van der Waals surface area contributed by atoms with Crippen molar-refractivity contribution < 1.29 is 5.11 Å². The number of anilines is 1. The summed E-state index contributed by atoms with van der Waals surface area (Å²) in [4.78, 5) is 21.9. The standard InChI is InChI=1S/C10H11N5O2/c11-10-13-8-7(9(17)14-10)12-4-15(8)2-5-1-6(5)3-16/h2,4,6,16H,1,3H2,(H3,11,13,14,17)/b5-2-/t6-/m1/s1. The summed E-state index contributed by atoms with van der Waals surface area (Å²) in [6.45, 7) is 0.147. The Morgan fingerprint density at radius 3 is 3.24 bits per heavy atom. The van der Waals surface area contributed by atoms with Gasteiger partial charge < -0.3 is 10.8 Å². The fourth-order valence-corrected chi connectivity index (χ4v) is 1.78. The third-order valence-corrected chi connectivity index (χ3v) is 2.82. The summed E-state index contributed by atoms with van der Waals surface area (Å²) in [5, 5.41) is 8.95. The average Bonchev–Trinajstić information content (AvgIpc) is 2.92. The second-order valence-corrected chi connectivity index (χ2v) is 4.06. The molecule has 0 spiro atoms. The molecule has 2 aromatic heterocycles. The number of imidazole rings is 1. The first kappa shape index (κ1) is 10.0. The van der Waals surface area contributed by atoms with Crippen molar-refractivity contribution in [3.05, 3.63) is 22.3 Å². The Morgan fingerprint density at radius 2 is 2.53 bits per heavy atom. The van der Waals surface area contributed by atoms with Crippen LogP contribution in [0.3, 0.4) is 0 Å². The summed E-state index contributed by atoms with van der Waals surface area (Å²) < 4.78 is 1.66. The Labute approximate surface area is 95.6 Å². The lowest BCUT2D eigenvalue weighted by atomic mass is 10.4. The van der Waals surface area contributed by atoms with Crippen LogP contribution < -0.4 is 11.3 Å². The molecular weight excluding hydrogens is 222 g/mol. The largest absolute Gasteiger partial charge is 0.396 e. The van der Waals surface area contributed by atoms with Crippen LogP contribution in [-0.2, 0) is 0 Å². The summed E-state index contributed by atoms with van der Waals surface area (Å²) in [6.07, 6.45) is 4.23. The van der Waals surface area contributed by atoms with Crippen LogP contribution in [0, 0.1) is 5.92 Å². The van der Waals surface area contributed by atoms with E-state index in [1.807, 2.05) is 6.20 Å². The van der Waals surface area contributed by atoms with Gasteiger partial charge in [0.25, 0.3) is 5.56 Å². The molecule has 0 aliphatic heterocycles. The van der Waals surface area contributed by atoms with Gasteiger partial charge in [0.05, 0.1) is 0 Å². The van der Waals surface area contributed by atoms with E-state index in [-0.39, 0.29) is 29.5 Å². The first-order valence-electron chi connectivity index (χ1n) is 5.23. The van der Waals surface area contributed by atoms with Gasteiger partial charge >= 0.3 is 0 Å². The van der Waals surface area contributed by atoms with Crippen LogP contribution in [0.4, 0.5) is 5.95 Å². The third kappa shape index (κ3) is 1.60. The number of fused-ring (bicyclic) bond motifs is 1. The fraction of sp³-hybridized carbons (Fsp3) is 0.300. The number of aliphatic hydroxyl groups is 1. The van der Waals surface area contributed by atoms with E-state index in [1.165, 1.54) is 6.33 Å². The predicted octanol–water partition coefficient (Wildman–Crippen LogP) is -0.445. The zero-order valence-corrected chi connectivity index (χ0v) is 8.92. The van der Waals surface area contributed by atoms with Crippen molar-refractivity contribution in [3.63, 3.8) is 0 Å². The maximum absolute atomic E-state index is 11.5. The molecule has 7 nitrogen and oxygen atoms in total. The van der Waals surface area contributed by atoms with Gasteiger partial charge in [0.15, 0.2) is 11.2 Å². The minimum absolute atomic E-state index is 0.0668. The molecule has 88 valence electrons. The molecule has 0 amide bonds. The number of H-pyrrole nitrogens is 1. The minimum atomic E-state index is -0.348. The van der Waals surface area contributed by atoms with E-state index in [4.69, 9.17) is 10.8 Å². The average molecular weight is 233 g/mol. The van der Waals surface area contributed by atoms with Crippen LogP contribution in [0.5, 0.6) is 0 Å². The second-order valence-electron chi connectivity index (χ2n) is 4.06. The highest BCUT2D eigenvalue weighted by atomic mass is 16.3. The van der Waals surface area contributed by atoms with Crippen LogP contribution in [0.2, 0.25) is 0 Å². The highest BCUT2D eigenvalue weighted by Gasteiger charge is 2.28. The molecule has 1 aliphatic carbocycles. The molecule has 0 radical (unpaired) electrons. The Balaban J connectivity index is 2.13. The van der Waals surface area contributed by atoms with Crippen molar-refractivity contribution in [3.8, 4) is 0 Å². The molecule has 1 saturated carbocycles. The van der Waals surface area contributed by atoms with Gasteiger partial charge in [-0.05, 0) is 12.0 Å². The van der Waals surface area contributed by atoms with E-state index >= 15 is 0 Å². The number of hydrogen-bond donors (Lipinski definition) is 3. The van der Waals surface area contributed by atoms with E-state index in [2.05, 4.69) is 15.0 Å².